The van der Waals surface area contributed by atoms with Gasteiger partial charge in [0.05, 0.1) is 0 Å². The number of hydrogen-bond donors (Lipinski definition) is 2. The fraction of sp³-hybridized carbons (Fsp3) is 0.375. The van der Waals surface area contributed by atoms with Crippen LogP contribution in [0.2, 0.25) is 0 Å². The maximum atomic E-state index is 5.34. The first-order valence-corrected chi connectivity index (χ1v) is 3.74. The van der Waals surface area contributed by atoms with Gasteiger partial charge in [-0.1, -0.05) is 6.92 Å². The van der Waals surface area contributed by atoms with Crippen molar-refractivity contribution in [3.05, 3.63) is 30.1 Å². The van der Waals surface area contributed by atoms with E-state index in [0.29, 0.717) is 0 Å². The number of aromatic nitrogens is 1. The molecule has 0 aliphatic rings. The Kier molecular flexibility index (Phi) is 3.01. The number of nitrogens with one attached hydrogen (secondary N) is 1. The monoisotopic (exact) mass is 151 g/mol. The van der Waals surface area contributed by atoms with Crippen LogP contribution in [0, 0.1) is 0 Å². The molecule has 0 bridgehead atoms. The smallest absolute Gasteiger partial charge is 0.0458 e. The maximum Gasteiger partial charge on any atom is 0.0458 e. The summed E-state index contributed by atoms with van der Waals surface area (Å²) in [5.74, 6) is 5.34. The van der Waals surface area contributed by atoms with Crippen LogP contribution >= 0.6 is 0 Å². The second-order valence-corrected chi connectivity index (χ2v) is 2.41. The molecule has 0 aromatic carbocycles. The molecule has 1 atom stereocenters. The van der Waals surface area contributed by atoms with E-state index in [-0.39, 0.29) is 6.04 Å². The highest BCUT2D eigenvalue weighted by atomic mass is 15.2. The molecule has 1 aromatic heterocycles. The highest BCUT2D eigenvalue weighted by molar-refractivity contribution is 5.14. The number of nitrogens with zero attached hydrogens (tertiary/aromatic N) is 1. The minimum atomic E-state index is 0.248. The standard InChI is InChI=1S/C8H13N3/c1-2-8(11-9)7-3-5-10-6-4-7/h3-6,8,11H,2,9H2,1H3/t8-/m1/s1. The third kappa shape index (κ3) is 2.00. The van der Waals surface area contributed by atoms with Crippen molar-refractivity contribution in [3.8, 4) is 0 Å². The van der Waals surface area contributed by atoms with Crippen molar-refractivity contribution in [2.24, 2.45) is 5.84 Å². The zero-order chi connectivity index (χ0) is 8.10. The molecule has 0 fully saturated rings. The summed E-state index contributed by atoms with van der Waals surface area (Å²) in [6.07, 6.45) is 4.53. The molecule has 1 rings (SSSR count). The lowest BCUT2D eigenvalue weighted by Gasteiger charge is -2.12. The molecule has 0 amide bonds. The molecule has 0 saturated carbocycles. The Morgan fingerprint density at radius 3 is 2.64 bits per heavy atom. The Bertz CT molecular complexity index is 194. The van der Waals surface area contributed by atoms with E-state index in [9.17, 15) is 0 Å². The van der Waals surface area contributed by atoms with Crippen LogP contribution in [0.25, 0.3) is 0 Å². The minimum Gasteiger partial charge on any atom is -0.271 e. The summed E-state index contributed by atoms with van der Waals surface area (Å²) in [4.78, 5) is 3.93. The van der Waals surface area contributed by atoms with Crippen LogP contribution in [0.5, 0.6) is 0 Å². The van der Waals surface area contributed by atoms with Gasteiger partial charge in [-0.3, -0.25) is 16.3 Å². The summed E-state index contributed by atoms with van der Waals surface area (Å²) in [5.41, 5.74) is 3.93. The van der Waals surface area contributed by atoms with Gasteiger partial charge in [-0.25, -0.2) is 0 Å². The molecular weight excluding hydrogens is 138 g/mol. The Balaban J connectivity index is 2.74. The Morgan fingerprint density at radius 2 is 2.18 bits per heavy atom. The van der Waals surface area contributed by atoms with E-state index in [0.717, 1.165) is 6.42 Å². The van der Waals surface area contributed by atoms with Gasteiger partial charge in [0, 0.05) is 18.4 Å². The molecule has 1 heterocycles. The van der Waals surface area contributed by atoms with E-state index in [1.807, 2.05) is 12.1 Å². The zero-order valence-corrected chi connectivity index (χ0v) is 6.62. The summed E-state index contributed by atoms with van der Waals surface area (Å²) < 4.78 is 0. The summed E-state index contributed by atoms with van der Waals surface area (Å²) in [5, 5.41) is 0. The van der Waals surface area contributed by atoms with Crippen LogP contribution in [0.15, 0.2) is 24.5 Å². The number of pyridine rings is 1. The molecule has 1 aromatic rings. The quantitative estimate of drug-likeness (QED) is 0.500. The van der Waals surface area contributed by atoms with Gasteiger partial charge in [0.15, 0.2) is 0 Å². The topological polar surface area (TPSA) is 50.9 Å². The van der Waals surface area contributed by atoms with Crippen molar-refractivity contribution in [1.29, 1.82) is 0 Å². The Labute approximate surface area is 66.6 Å². The summed E-state index contributed by atoms with van der Waals surface area (Å²) in [6.45, 7) is 2.09. The van der Waals surface area contributed by atoms with E-state index < -0.39 is 0 Å². The predicted octanol–water partition coefficient (Wildman–Crippen LogP) is 0.996. The third-order valence-electron chi connectivity index (χ3n) is 1.72. The van der Waals surface area contributed by atoms with E-state index in [4.69, 9.17) is 5.84 Å². The molecule has 11 heavy (non-hydrogen) atoms. The Morgan fingerprint density at radius 1 is 1.55 bits per heavy atom. The van der Waals surface area contributed by atoms with Crippen LogP contribution in [-0.4, -0.2) is 4.98 Å². The van der Waals surface area contributed by atoms with Gasteiger partial charge in [-0.15, -0.1) is 0 Å². The molecular formula is C8H13N3. The van der Waals surface area contributed by atoms with Crippen molar-refractivity contribution < 1.29 is 0 Å². The van der Waals surface area contributed by atoms with Gasteiger partial charge in [-0.05, 0) is 24.1 Å². The molecule has 0 aliphatic carbocycles. The van der Waals surface area contributed by atoms with Crippen molar-refractivity contribution in [1.82, 2.24) is 10.4 Å². The fourth-order valence-electron chi connectivity index (χ4n) is 1.05. The highest BCUT2D eigenvalue weighted by Crippen LogP contribution is 2.12. The number of hydrazine groups is 1. The van der Waals surface area contributed by atoms with Crippen LogP contribution in [0.4, 0.5) is 0 Å². The lowest BCUT2D eigenvalue weighted by atomic mass is 10.1. The van der Waals surface area contributed by atoms with E-state index in [1.54, 1.807) is 12.4 Å². The highest BCUT2D eigenvalue weighted by Gasteiger charge is 2.04. The second-order valence-electron chi connectivity index (χ2n) is 2.41. The SMILES string of the molecule is CC[C@@H](NN)c1ccncc1. The molecule has 3 nitrogen and oxygen atoms in total. The minimum absolute atomic E-state index is 0.248. The Hall–Kier alpha value is -0.930. The van der Waals surface area contributed by atoms with Gasteiger partial charge in [0.1, 0.15) is 0 Å². The number of rotatable bonds is 3. The molecule has 0 spiro atoms. The first kappa shape index (κ1) is 8.17. The largest absolute Gasteiger partial charge is 0.271 e. The lowest BCUT2D eigenvalue weighted by molar-refractivity contribution is 0.538. The van der Waals surface area contributed by atoms with Crippen molar-refractivity contribution in [3.63, 3.8) is 0 Å². The van der Waals surface area contributed by atoms with Crippen LogP contribution in [-0.2, 0) is 0 Å². The molecule has 0 aliphatic heterocycles. The lowest BCUT2D eigenvalue weighted by Crippen LogP contribution is -2.27. The van der Waals surface area contributed by atoms with E-state index >= 15 is 0 Å². The summed E-state index contributed by atoms with van der Waals surface area (Å²) in [7, 11) is 0. The van der Waals surface area contributed by atoms with Gasteiger partial charge >= 0.3 is 0 Å². The molecule has 3 N–H and O–H groups in total. The normalized spacial score (nSPS) is 12.9. The molecule has 0 unspecified atom stereocenters. The van der Waals surface area contributed by atoms with E-state index in [1.165, 1.54) is 5.56 Å². The van der Waals surface area contributed by atoms with Crippen LogP contribution in [0.3, 0.4) is 0 Å². The van der Waals surface area contributed by atoms with Gasteiger partial charge in [0.25, 0.3) is 0 Å². The van der Waals surface area contributed by atoms with Crippen molar-refractivity contribution in [2.45, 2.75) is 19.4 Å². The first-order valence-electron chi connectivity index (χ1n) is 3.74. The van der Waals surface area contributed by atoms with Crippen molar-refractivity contribution >= 4 is 0 Å². The third-order valence-corrected chi connectivity index (χ3v) is 1.72. The van der Waals surface area contributed by atoms with E-state index in [2.05, 4.69) is 17.3 Å². The predicted molar refractivity (Wildman–Crippen MR) is 44.6 cm³/mol. The molecule has 60 valence electrons. The molecule has 0 radical (unpaired) electrons. The fourth-order valence-corrected chi connectivity index (χ4v) is 1.05. The van der Waals surface area contributed by atoms with Crippen LogP contribution < -0.4 is 11.3 Å². The molecule has 0 saturated heterocycles. The van der Waals surface area contributed by atoms with Crippen molar-refractivity contribution in [2.75, 3.05) is 0 Å². The van der Waals surface area contributed by atoms with Gasteiger partial charge in [0.2, 0.25) is 0 Å². The number of nitrogens with two attached hydrogens (primary N) is 1. The average Bonchev–Trinajstić information content (AvgIpc) is 2.09. The summed E-state index contributed by atoms with van der Waals surface area (Å²) >= 11 is 0. The average molecular weight is 151 g/mol. The number of hydrogen-bond acceptors (Lipinski definition) is 3. The second kappa shape index (κ2) is 4.05. The summed E-state index contributed by atoms with van der Waals surface area (Å²) in [6, 6.07) is 4.18. The zero-order valence-electron chi connectivity index (χ0n) is 6.62. The maximum absolute atomic E-state index is 5.34. The van der Waals surface area contributed by atoms with Gasteiger partial charge in [-0.2, -0.15) is 0 Å². The molecule has 3 heteroatoms. The van der Waals surface area contributed by atoms with Gasteiger partial charge < -0.3 is 0 Å². The van der Waals surface area contributed by atoms with Crippen LogP contribution in [0.1, 0.15) is 24.9 Å². The first-order chi connectivity index (χ1) is 5.38.